The zero-order chi connectivity index (χ0) is 14.4. The van der Waals surface area contributed by atoms with Gasteiger partial charge in [0.25, 0.3) is 0 Å². The van der Waals surface area contributed by atoms with Gasteiger partial charge in [0.15, 0.2) is 10.6 Å². The van der Waals surface area contributed by atoms with Gasteiger partial charge in [-0.05, 0) is 46.3 Å². The van der Waals surface area contributed by atoms with Gasteiger partial charge in [0, 0.05) is 21.6 Å². The van der Waals surface area contributed by atoms with Crippen molar-refractivity contribution >= 4 is 50.8 Å². The summed E-state index contributed by atoms with van der Waals surface area (Å²) in [7, 11) is 0. The topological polar surface area (TPSA) is 20.7 Å². The number of aromatic amines is 1. The van der Waals surface area contributed by atoms with E-state index in [1.807, 2.05) is 0 Å². The summed E-state index contributed by atoms with van der Waals surface area (Å²) in [5.41, 5.74) is 1.08. The number of halogens is 4. The molecule has 0 fully saturated rings. The number of nitrogens with zero attached hydrogens (tertiary/aromatic N) is 1. The molecule has 1 heterocycles. The van der Waals surface area contributed by atoms with Crippen molar-refractivity contribution in [2.75, 3.05) is 0 Å². The van der Waals surface area contributed by atoms with E-state index >= 15 is 0 Å². The van der Waals surface area contributed by atoms with Gasteiger partial charge in [-0.3, -0.25) is 4.57 Å². The summed E-state index contributed by atoms with van der Waals surface area (Å²) >= 11 is 14.6. The zero-order valence-corrected chi connectivity index (χ0v) is 12.9. The van der Waals surface area contributed by atoms with Gasteiger partial charge in [-0.15, -0.1) is 0 Å². The number of H-pyrrole nitrogens is 1. The monoisotopic (exact) mass is 374 g/mol. The van der Waals surface area contributed by atoms with E-state index < -0.39 is 11.6 Å². The molecule has 0 saturated heterocycles. The first-order chi connectivity index (χ1) is 9.47. The molecule has 0 radical (unpaired) electrons. The van der Waals surface area contributed by atoms with Gasteiger partial charge in [-0.2, -0.15) is 0 Å². The van der Waals surface area contributed by atoms with Crippen molar-refractivity contribution in [3.63, 3.8) is 0 Å². The predicted molar refractivity (Wildman–Crippen MR) is 81.1 cm³/mol. The van der Waals surface area contributed by atoms with Crippen molar-refractivity contribution < 1.29 is 8.78 Å². The Balaban J connectivity index is 2.45. The first-order valence-corrected chi connectivity index (χ1v) is 7.10. The normalized spacial score (nSPS) is 11.2. The molecule has 102 valence electrons. The predicted octanol–water partition coefficient (Wildman–Crippen LogP) is 5.38. The number of rotatable bonds is 1. The minimum Gasteiger partial charge on any atom is -0.328 e. The second-order valence-electron chi connectivity index (χ2n) is 4.14. The highest BCUT2D eigenvalue weighted by Gasteiger charge is 2.14. The average Bonchev–Trinajstić information content (AvgIpc) is 2.69. The minimum absolute atomic E-state index is 0.156. The quantitative estimate of drug-likeness (QED) is 0.566. The van der Waals surface area contributed by atoms with Crippen molar-refractivity contribution in [3.8, 4) is 5.69 Å². The molecule has 1 aromatic heterocycles. The fourth-order valence-corrected chi connectivity index (χ4v) is 2.92. The lowest BCUT2D eigenvalue weighted by atomic mass is 10.2. The summed E-state index contributed by atoms with van der Waals surface area (Å²) in [5.74, 6) is -1.36. The number of fused-ring (bicyclic) bond motifs is 1. The van der Waals surface area contributed by atoms with Crippen LogP contribution in [0.4, 0.5) is 8.78 Å². The second kappa shape index (κ2) is 4.95. The first kappa shape index (κ1) is 13.7. The van der Waals surface area contributed by atoms with Crippen LogP contribution in [0.3, 0.4) is 0 Å². The summed E-state index contributed by atoms with van der Waals surface area (Å²) in [4.78, 5) is 2.74. The number of benzene rings is 2. The summed E-state index contributed by atoms with van der Waals surface area (Å²) in [6.45, 7) is 0. The molecule has 0 aliphatic carbocycles. The van der Waals surface area contributed by atoms with Gasteiger partial charge in [0.1, 0.15) is 11.3 Å². The van der Waals surface area contributed by atoms with Crippen LogP contribution in [0.2, 0.25) is 5.02 Å². The summed E-state index contributed by atoms with van der Waals surface area (Å²) in [6.07, 6.45) is 0. The van der Waals surface area contributed by atoms with Crippen LogP contribution in [0.25, 0.3) is 16.7 Å². The Morgan fingerprint density at radius 1 is 1.20 bits per heavy atom. The van der Waals surface area contributed by atoms with E-state index in [1.165, 1.54) is 10.6 Å². The fourth-order valence-electron chi connectivity index (χ4n) is 2.03. The molecule has 0 amide bonds. The van der Waals surface area contributed by atoms with Crippen LogP contribution in [0.15, 0.2) is 34.8 Å². The van der Waals surface area contributed by atoms with Gasteiger partial charge < -0.3 is 4.98 Å². The van der Waals surface area contributed by atoms with Gasteiger partial charge >= 0.3 is 0 Å². The smallest absolute Gasteiger partial charge is 0.182 e. The van der Waals surface area contributed by atoms with Gasteiger partial charge in [0.05, 0.1) is 11.2 Å². The van der Waals surface area contributed by atoms with E-state index in [1.54, 1.807) is 18.2 Å². The Bertz CT molecular complexity index is 888. The van der Waals surface area contributed by atoms with E-state index in [4.69, 9.17) is 23.8 Å². The molecule has 0 saturated carbocycles. The molecular weight excluding hydrogens is 370 g/mol. The molecule has 7 heteroatoms. The Morgan fingerprint density at radius 2 is 1.95 bits per heavy atom. The third-order valence-electron chi connectivity index (χ3n) is 2.86. The zero-order valence-electron chi connectivity index (χ0n) is 9.75. The molecule has 0 aliphatic rings. The highest BCUT2D eigenvalue weighted by molar-refractivity contribution is 9.10. The van der Waals surface area contributed by atoms with E-state index in [2.05, 4.69) is 20.9 Å². The van der Waals surface area contributed by atoms with Crippen LogP contribution in [0, 0.1) is 16.4 Å². The van der Waals surface area contributed by atoms with E-state index in [0.29, 0.717) is 20.7 Å². The molecular formula is C13H6BrClF2N2S. The number of hydrogen-bond acceptors (Lipinski definition) is 1. The summed E-state index contributed by atoms with van der Waals surface area (Å²) < 4.78 is 29.7. The van der Waals surface area contributed by atoms with Crippen molar-refractivity contribution in [3.05, 3.63) is 56.2 Å². The van der Waals surface area contributed by atoms with Crippen LogP contribution in [-0.4, -0.2) is 9.55 Å². The highest BCUT2D eigenvalue weighted by atomic mass is 79.9. The van der Waals surface area contributed by atoms with Crippen molar-refractivity contribution in [2.45, 2.75) is 0 Å². The number of imidazole rings is 1. The molecule has 0 unspecified atom stereocenters. The minimum atomic E-state index is -0.692. The van der Waals surface area contributed by atoms with Crippen LogP contribution in [-0.2, 0) is 0 Å². The van der Waals surface area contributed by atoms with Crippen LogP contribution >= 0.6 is 39.7 Å². The number of nitrogens with one attached hydrogen (secondary N) is 1. The second-order valence-corrected chi connectivity index (χ2v) is 5.82. The lowest BCUT2D eigenvalue weighted by molar-refractivity contribution is 0.590. The maximum absolute atomic E-state index is 13.8. The SMILES string of the molecule is Fc1cc(F)c2[nH]c(=S)n(-c3cc(Cl)ccc3Br)c2c1. The standard InChI is InChI=1S/C13H6BrClF2N2S/c14-8-2-1-6(15)3-10(8)19-11-5-7(16)4-9(17)12(11)18-13(19)20/h1-5H,(H,18,20). The molecule has 2 aromatic carbocycles. The lowest BCUT2D eigenvalue weighted by Gasteiger charge is -2.08. The lowest BCUT2D eigenvalue weighted by Crippen LogP contribution is -1.96. The largest absolute Gasteiger partial charge is 0.328 e. The summed E-state index contributed by atoms with van der Waals surface area (Å²) in [5, 5.41) is 0.497. The highest BCUT2D eigenvalue weighted by Crippen LogP contribution is 2.29. The Morgan fingerprint density at radius 3 is 2.70 bits per heavy atom. The molecule has 0 spiro atoms. The maximum Gasteiger partial charge on any atom is 0.182 e. The first-order valence-electron chi connectivity index (χ1n) is 5.52. The number of hydrogen-bond donors (Lipinski definition) is 1. The van der Waals surface area contributed by atoms with E-state index in [-0.39, 0.29) is 10.3 Å². The molecule has 0 atom stereocenters. The van der Waals surface area contributed by atoms with E-state index in [9.17, 15) is 8.78 Å². The Kier molecular flexibility index (Phi) is 3.40. The van der Waals surface area contributed by atoms with Gasteiger partial charge in [-0.25, -0.2) is 8.78 Å². The van der Waals surface area contributed by atoms with Gasteiger partial charge in [0.2, 0.25) is 0 Å². The van der Waals surface area contributed by atoms with Crippen molar-refractivity contribution in [2.24, 2.45) is 0 Å². The van der Waals surface area contributed by atoms with E-state index in [0.717, 1.165) is 6.07 Å². The molecule has 1 N–H and O–H groups in total. The van der Waals surface area contributed by atoms with Crippen LogP contribution in [0.1, 0.15) is 0 Å². The Labute approximate surface area is 131 Å². The van der Waals surface area contributed by atoms with Crippen molar-refractivity contribution in [1.82, 2.24) is 9.55 Å². The molecule has 0 bridgehead atoms. The van der Waals surface area contributed by atoms with Crippen LogP contribution < -0.4 is 0 Å². The molecule has 2 nitrogen and oxygen atoms in total. The molecule has 0 aliphatic heterocycles. The van der Waals surface area contributed by atoms with Crippen LogP contribution in [0.5, 0.6) is 0 Å². The molecule has 3 aromatic rings. The summed E-state index contributed by atoms with van der Waals surface area (Å²) in [6, 6.07) is 7.14. The third kappa shape index (κ3) is 2.17. The third-order valence-corrected chi connectivity index (χ3v) is 4.05. The fraction of sp³-hybridized carbons (Fsp3) is 0. The van der Waals surface area contributed by atoms with Crippen molar-refractivity contribution in [1.29, 1.82) is 0 Å². The molecule has 3 rings (SSSR count). The van der Waals surface area contributed by atoms with Gasteiger partial charge in [-0.1, -0.05) is 11.6 Å². The average molecular weight is 376 g/mol. The maximum atomic E-state index is 13.8. The Hall–Kier alpha value is -1.24. The number of aromatic nitrogens is 2. The molecule has 20 heavy (non-hydrogen) atoms.